The van der Waals surface area contributed by atoms with Gasteiger partial charge in [0.05, 0.1) is 5.75 Å². The first kappa shape index (κ1) is 17.9. The number of carbonyl (C=O) groups is 2. The molecule has 0 fully saturated rings. The van der Waals surface area contributed by atoms with Crippen LogP contribution in [0.5, 0.6) is 0 Å². The molecule has 0 aliphatic heterocycles. The molecule has 0 bridgehead atoms. The van der Waals surface area contributed by atoms with Crippen molar-refractivity contribution >= 4 is 21.7 Å². The van der Waals surface area contributed by atoms with Crippen molar-refractivity contribution in [1.29, 1.82) is 0 Å². The highest BCUT2D eigenvalue weighted by molar-refractivity contribution is 7.88. The molecule has 7 nitrogen and oxygen atoms in total. The molecule has 1 amide bonds. The molecule has 2 rings (SSSR count). The lowest BCUT2D eigenvalue weighted by Crippen LogP contribution is -2.25. The molecule has 0 aliphatic carbocycles. The zero-order valence-electron chi connectivity index (χ0n) is 13.4. The van der Waals surface area contributed by atoms with E-state index in [-0.39, 0.29) is 29.7 Å². The molecule has 8 heteroatoms. The van der Waals surface area contributed by atoms with Gasteiger partial charge in [0.2, 0.25) is 10.0 Å². The van der Waals surface area contributed by atoms with E-state index in [4.69, 9.17) is 0 Å². The second-order valence-corrected chi connectivity index (χ2v) is 7.20. The van der Waals surface area contributed by atoms with E-state index in [1.54, 1.807) is 24.3 Å². The Bertz CT molecular complexity index is 856. The zero-order chi connectivity index (χ0) is 17.7. The average molecular weight is 349 g/mol. The summed E-state index contributed by atoms with van der Waals surface area (Å²) in [5, 5.41) is 2.71. The Hall–Kier alpha value is -2.45. The summed E-state index contributed by atoms with van der Waals surface area (Å²) in [6, 6.07) is 8.47. The van der Waals surface area contributed by atoms with Gasteiger partial charge in [0, 0.05) is 18.3 Å². The fourth-order valence-electron chi connectivity index (χ4n) is 2.15. The Kier molecular flexibility index (Phi) is 5.53. The number of Topliss-reactive ketones (excluding diaryl/α,β-unsaturated/α-hetero) is 1. The lowest BCUT2D eigenvalue weighted by molar-refractivity contribution is 0.0946. The molecule has 2 aromatic rings. The van der Waals surface area contributed by atoms with Crippen molar-refractivity contribution in [3.8, 4) is 0 Å². The number of ketones is 1. The second kappa shape index (κ2) is 7.41. The molecule has 0 aliphatic rings. The fraction of sp³-hybridized carbons (Fsp3) is 0.250. The van der Waals surface area contributed by atoms with E-state index in [0.29, 0.717) is 16.7 Å². The fourth-order valence-corrected chi connectivity index (χ4v) is 2.98. The van der Waals surface area contributed by atoms with Crippen LogP contribution in [0.15, 0.2) is 36.5 Å². The summed E-state index contributed by atoms with van der Waals surface area (Å²) < 4.78 is 25.7. The van der Waals surface area contributed by atoms with Crippen molar-refractivity contribution < 1.29 is 18.0 Å². The molecule has 0 saturated heterocycles. The van der Waals surface area contributed by atoms with E-state index >= 15 is 0 Å². The number of aromatic nitrogens is 1. The van der Waals surface area contributed by atoms with Crippen LogP contribution in [0.25, 0.3) is 0 Å². The summed E-state index contributed by atoms with van der Waals surface area (Å²) in [4.78, 5) is 26.1. The van der Waals surface area contributed by atoms with Crippen LogP contribution < -0.4 is 10.0 Å². The maximum absolute atomic E-state index is 12.1. The molecule has 1 aromatic heterocycles. The van der Waals surface area contributed by atoms with Crippen LogP contribution in [-0.2, 0) is 22.3 Å². The molecule has 0 saturated carbocycles. The van der Waals surface area contributed by atoms with Gasteiger partial charge in [-0.3, -0.25) is 9.59 Å². The van der Waals surface area contributed by atoms with E-state index in [1.807, 2.05) is 0 Å². The molecule has 1 heterocycles. The number of sulfonamides is 1. The van der Waals surface area contributed by atoms with Crippen LogP contribution in [0.3, 0.4) is 0 Å². The molecule has 3 N–H and O–H groups in total. The molecular weight excluding hydrogens is 330 g/mol. The van der Waals surface area contributed by atoms with Gasteiger partial charge in [-0.25, -0.2) is 13.1 Å². The highest BCUT2D eigenvalue weighted by Crippen LogP contribution is 2.12. The Morgan fingerprint density at radius 1 is 1.17 bits per heavy atom. The van der Waals surface area contributed by atoms with Crippen LogP contribution in [-0.4, -0.2) is 32.1 Å². The highest BCUT2D eigenvalue weighted by atomic mass is 32.2. The number of aromatic amines is 1. The van der Waals surface area contributed by atoms with Crippen molar-refractivity contribution in [3.05, 3.63) is 58.9 Å². The van der Waals surface area contributed by atoms with Crippen LogP contribution >= 0.6 is 0 Å². The SMILES string of the molecule is CNS(=O)(=O)Cc1ccccc1CNC(=O)c1cc(C(C)=O)c[nH]1. The molecule has 0 unspecified atom stereocenters. The summed E-state index contributed by atoms with van der Waals surface area (Å²) in [6.07, 6.45) is 1.48. The van der Waals surface area contributed by atoms with E-state index < -0.39 is 10.0 Å². The van der Waals surface area contributed by atoms with Gasteiger partial charge in [-0.2, -0.15) is 0 Å². The van der Waals surface area contributed by atoms with Crippen LogP contribution in [0, 0.1) is 0 Å². The lowest BCUT2D eigenvalue weighted by atomic mass is 10.1. The lowest BCUT2D eigenvalue weighted by Gasteiger charge is -2.10. The standard InChI is InChI=1S/C16H19N3O4S/c1-11(20)14-7-15(18-9-14)16(21)19-8-12-5-3-4-6-13(12)10-24(22,23)17-2/h3-7,9,17-18H,8,10H2,1-2H3,(H,19,21). The maximum Gasteiger partial charge on any atom is 0.267 e. The first-order chi connectivity index (χ1) is 11.3. The Morgan fingerprint density at radius 3 is 2.42 bits per heavy atom. The van der Waals surface area contributed by atoms with Crippen molar-refractivity contribution in [2.24, 2.45) is 0 Å². The molecule has 128 valence electrons. The third kappa shape index (κ3) is 4.53. The quantitative estimate of drug-likeness (QED) is 0.653. The van der Waals surface area contributed by atoms with Crippen LogP contribution in [0.4, 0.5) is 0 Å². The second-order valence-electron chi connectivity index (χ2n) is 5.27. The summed E-state index contributed by atoms with van der Waals surface area (Å²) in [6.45, 7) is 1.60. The van der Waals surface area contributed by atoms with Crippen LogP contribution in [0.2, 0.25) is 0 Å². The normalized spacial score (nSPS) is 11.2. The van der Waals surface area contributed by atoms with Gasteiger partial charge >= 0.3 is 0 Å². The van der Waals surface area contributed by atoms with Crippen molar-refractivity contribution in [2.75, 3.05) is 7.05 Å². The van der Waals surface area contributed by atoms with Crippen molar-refractivity contribution in [3.63, 3.8) is 0 Å². The third-order valence-corrected chi connectivity index (χ3v) is 4.86. The number of amides is 1. The molecular formula is C16H19N3O4S. The van der Waals surface area contributed by atoms with Gasteiger partial charge in [0.1, 0.15) is 5.69 Å². The zero-order valence-corrected chi connectivity index (χ0v) is 14.2. The van der Waals surface area contributed by atoms with Gasteiger partial charge < -0.3 is 10.3 Å². The van der Waals surface area contributed by atoms with E-state index in [0.717, 1.165) is 0 Å². The predicted octanol–water partition coefficient (Wildman–Crippen LogP) is 1.20. The number of rotatable bonds is 7. The van der Waals surface area contributed by atoms with E-state index in [1.165, 1.54) is 26.2 Å². The minimum Gasteiger partial charge on any atom is -0.356 e. The minimum absolute atomic E-state index is 0.132. The first-order valence-corrected chi connectivity index (χ1v) is 8.93. The summed E-state index contributed by atoms with van der Waals surface area (Å²) in [5.74, 6) is -0.659. The Labute approximate surface area is 140 Å². The molecule has 24 heavy (non-hydrogen) atoms. The van der Waals surface area contributed by atoms with Gasteiger partial charge in [-0.15, -0.1) is 0 Å². The summed E-state index contributed by atoms with van der Waals surface area (Å²) in [7, 11) is -2.04. The monoisotopic (exact) mass is 349 g/mol. The van der Waals surface area contributed by atoms with Gasteiger partial charge in [-0.05, 0) is 31.2 Å². The predicted molar refractivity (Wildman–Crippen MR) is 90.1 cm³/mol. The number of nitrogens with one attached hydrogen (secondary N) is 3. The number of H-pyrrole nitrogens is 1. The molecule has 0 atom stereocenters. The number of hydrogen-bond acceptors (Lipinski definition) is 4. The minimum atomic E-state index is -3.40. The molecule has 0 radical (unpaired) electrons. The first-order valence-electron chi connectivity index (χ1n) is 7.28. The maximum atomic E-state index is 12.1. The van der Waals surface area contributed by atoms with Gasteiger partial charge in [-0.1, -0.05) is 24.3 Å². The third-order valence-electron chi connectivity index (χ3n) is 3.55. The molecule has 0 spiro atoms. The largest absolute Gasteiger partial charge is 0.356 e. The average Bonchev–Trinajstić information content (AvgIpc) is 3.04. The highest BCUT2D eigenvalue weighted by Gasteiger charge is 2.14. The number of carbonyl (C=O) groups excluding carboxylic acids is 2. The molecule has 1 aromatic carbocycles. The summed E-state index contributed by atoms with van der Waals surface area (Å²) >= 11 is 0. The number of benzene rings is 1. The Balaban J connectivity index is 2.08. The number of hydrogen-bond donors (Lipinski definition) is 3. The van der Waals surface area contributed by atoms with Crippen molar-refractivity contribution in [2.45, 2.75) is 19.2 Å². The summed E-state index contributed by atoms with van der Waals surface area (Å²) in [5.41, 5.74) is 2.03. The van der Waals surface area contributed by atoms with E-state index in [2.05, 4.69) is 15.0 Å². The van der Waals surface area contributed by atoms with Gasteiger partial charge in [0.15, 0.2) is 5.78 Å². The van der Waals surface area contributed by atoms with Gasteiger partial charge in [0.25, 0.3) is 5.91 Å². The topological polar surface area (TPSA) is 108 Å². The Morgan fingerprint density at radius 2 is 1.83 bits per heavy atom. The van der Waals surface area contributed by atoms with Crippen LogP contribution in [0.1, 0.15) is 38.9 Å². The smallest absolute Gasteiger partial charge is 0.267 e. The van der Waals surface area contributed by atoms with E-state index in [9.17, 15) is 18.0 Å². The van der Waals surface area contributed by atoms with Crippen molar-refractivity contribution in [1.82, 2.24) is 15.0 Å².